The number of nitrogens with zero attached hydrogens (tertiary/aromatic N) is 5. The van der Waals surface area contributed by atoms with E-state index in [0.717, 1.165) is 51.3 Å². The number of rotatable bonds is 9. The first-order chi connectivity index (χ1) is 22.5. The fraction of sp³-hybridized carbons (Fsp3) is 0.314. The molecule has 0 spiro atoms. The molecule has 2 aromatic carbocycles. The third-order valence-corrected chi connectivity index (χ3v) is 10.6. The summed E-state index contributed by atoms with van der Waals surface area (Å²) in [4.78, 5) is 22.2. The first kappa shape index (κ1) is 32.5. The molecule has 5 aromatic rings. The summed E-state index contributed by atoms with van der Waals surface area (Å²) in [5.41, 5.74) is 4.45. The fourth-order valence-corrected chi connectivity index (χ4v) is 7.25. The summed E-state index contributed by atoms with van der Waals surface area (Å²) in [5, 5.41) is 4.23. The van der Waals surface area contributed by atoms with Gasteiger partial charge in [0.15, 0.2) is 0 Å². The van der Waals surface area contributed by atoms with Crippen molar-refractivity contribution in [3.63, 3.8) is 0 Å². The van der Waals surface area contributed by atoms with Crippen molar-refractivity contribution in [2.75, 3.05) is 41.2 Å². The van der Waals surface area contributed by atoms with E-state index in [1.807, 2.05) is 48.5 Å². The lowest BCUT2D eigenvalue weighted by Gasteiger charge is -2.27. The molecule has 0 atom stereocenters. The fourth-order valence-electron chi connectivity index (χ4n) is 5.15. The van der Waals surface area contributed by atoms with Crippen LogP contribution in [-0.4, -0.2) is 54.7 Å². The highest BCUT2D eigenvalue weighted by Crippen LogP contribution is 2.39. The van der Waals surface area contributed by atoms with Gasteiger partial charge in [0.25, 0.3) is 10.0 Å². The number of ether oxygens (including phenoxy) is 1. The zero-order chi connectivity index (χ0) is 33.2. The van der Waals surface area contributed by atoms with Crippen molar-refractivity contribution in [1.82, 2.24) is 19.9 Å². The van der Waals surface area contributed by atoms with Gasteiger partial charge in [-0.25, -0.2) is 28.4 Å². The molecule has 0 bridgehead atoms. The third kappa shape index (κ3) is 7.61. The molecule has 6 rings (SSSR count). The van der Waals surface area contributed by atoms with Crippen LogP contribution >= 0.6 is 11.3 Å². The summed E-state index contributed by atoms with van der Waals surface area (Å²) < 4.78 is 34.8. The molecule has 0 aliphatic carbocycles. The topological polar surface area (TPSA) is 122 Å². The molecule has 2 N–H and O–H groups in total. The molecule has 1 aliphatic rings. The second-order valence-corrected chi connectivity index (χ2v) is 15.5. The molecule has 3 aromatic heterocycles. The van der Waals surface area contributed by atoms with Crippen LogP contribution in [0.1, 0.15) is 51.1 Å². The van der Waals surface area contributed by atoms with Gasteiger partial charge in [0.05, 0.1) is 51.3 Å². The van der Waals surface area contributed by atoms with E-state index in [0.29, 0.717) is 30.5 Å². The van der Waals surface area contributed by atoms with Crippen LogP contribution < -0.4 is 14.9 Å². The molecule has 1 aliphatic heterocycles. The number of anilines is 4. The molecule has 0 amide bonds. The van der Waals surface area contributed by atoms with Crippen LogP contribution in [-0.2, 0) is 20.2 Å². The van der Waals surface area contributed by atoms with Crippen molar-refractivity contribution >= 4 is 44.5 Å². The summed E-state index contributed by atoms with van der Waals surface area (Å²) in [5.74, 6) is 1.54. The van der Waals surface area contributed by atoms with Crippen molar-refractivity contribution in [2.24, 2.45) is 0 Å². The van der Waals surface area contributed by atoms with Gasteiger partial charge in [-0.1, -0.05) is 58.9 Å². The molecule has 47 heavy (non-hydrogen) atoms. The highest BCUT2D eigenvalue weighted by atomic mass is 32.2. The molecule has 0 unspecified atom stereocenters. The van der Waals surface area contributed by atoms with Gasteiger partial charge in [-0.15, -0.1) is 11.3 Å². The summed E-state index contributed by atoms with van der Waals surface area (Å²) in [6.45, 7) is 13.5. The van der Waals surface area contributed by atoms with Crippen LogP contribution in [0.25, 0.3) is 21.8 Å². The maximum absolute atomic E-state index is 13.3. The average molecular weight is 670 g/mol. The van der Waals surface area contributed by atoms with E-state index in [1.165, 1.54) is 0 Å². The predicted molar refractivity (Wildman–Crippen MR) is 189 cm³/mol. The Kier molecular flexibility index (Phi) is 9.27. The van der Waals surface area contributed by atoms with E-state index in [2.05, 4.69) is 59.5 Å². The van der Waals surface area contributed by atoms with Crippen molar-refractivity contribution in [3.8, 4) is 21.8 Å². The number of nitrogens with one attached hydrogen (secondary N) is 2. The van der Waals surface area contributed by atoms with E-state index in [-0.39, 0.29) is 16.2 Å². The predicted octanol–water partition coefficient (Wildman–Crippen LogP) is 7.46. The van der Waals surface area contributed by atoms with Crippen molar-refractivity contribution in [3.05, 3.63) is 89.7 Å². The van der Waals surface area contributed by atoms with Gasteiger partial charge in [0.2, 0.25) is 5.95 Å². The van der Waals surface area contributed by atoms with Gasteiger partial charge >= 0.3 is 0 Å². The zero-order valence-electron chi connectivity index (χ0n) is 27.2. The summed E-state index contributed by atoms with van der Waals surface area (Å²) >= 11 is 1.57. The molecule has 12 heteroatoms. The Labute approximate surface area is 280 Å². The van der Waals surface area contributed by atoms with Crippen LogP contribution in [0.4, 0.5) is 23.1 Å². The summed E-state index contributed by atoms with van der Waals surface area (Å²) in [6.07, 6.45) is 3.50. The number of thiazole rings is 1. The average Bonchev–Trinajstić information content (AvgIpc) is 3.52. The first-order valence-electron chi connectivity index (χ1n) is 15.6. The minimum Gasteiger partial charge on any atom is -0.378 e. The molecule has 244 valence electrons. The van der Waals surface area contributed by atoms with E-state index in [1.54, 1.807) is 41.9 Å². The van der Waals surface area contributed by atoms with Crippen LogP contribution in [0.15, 0.2) is 84.0 Å². The Balaban J connectivity index is 1.26. The molecule has 10 nitrogen and oxygen atoms in total. The smallest absolute Gasteiger partial charge is 0.261 e. The normalized spacial score (nSPS) is 14.0. The largest absolute Gasteiger partial charge is 0.378 e. The van der Waals surface area contributed by atoms with Crippen LogP contribution in [0.2, 0.25) is 0 Å². The number of hydrogen-bond donors (Lipinski definition) is 2. The maximum Gasteiger partial charge on any atom is 0.261 e. The third-order valence-electron chi connectivity index (χ3n) is 7.78. The van der Waals surface area contributed by atoms with Gasteiger partial charge in [-0.2, -0.15) is 0 Å². The monoisotopic (exact) mass is 669 g/mol. The Morgan fingerprint density at radius 2 is 1.68 bits per heavy atom. The second kappa shape index (κ2) is 13.4. The van der Waals surface area contributed by atoms with Crippen molar-refractivity contribution in [1.29, 1.82) is 0 Å². The zero-order valence-corrected chi connectivity index (χ0v) is 28.8. The Morgan fingerprint density at radius 1 is 0.915 bits per heavy atom. The highest BCUT2D eigenvalue weighted by Gasteiger charge is 2.21. The maximum atomic E-state index is 13.3. The van der Waals surface area contributed by atoms with Crippen molar-refractivity contribution in [2.45, 2.75) is 50.8 Å². The van der Waals surface area contributed by atoms with Crippen LogP contribution in [0.5, 0.6) is 0 Å². The lowest BCUT2D eigenvalue weighted by atomic mass is 9.87. The Morgan fingerprint density at radius 3 is 2.36 bits per heavy atom. The molecule has 0 radical (unpaired) electrons. The van der Waals surface area contributed by atoms with Gasteiger partial charge in [-0.3, -0.25) is 4.72 Å². The second-order valence-electron chi connectivity index (χ2n) is 12.7. The van der Waals surface area contributed by atoms with Gasteiger partial charge in [-0.05, 0) is 53.4 Å². The molecule has 1 saturated heterocycles. The molecule has 4 heterocycles. The van der Waals surface area contributed by atoms with E-state index < -0.39 is 10.0 Å². The number of benzene rings is 2. The lowest BCUT2D eigenvalue weighted by Crippen LogP contribution is -2.36. The van der Waals surface area contributed by atoms with Crippen LogP contribution in [0.3, 0.4) is 0 Å². The standard InChI is InChI=1S/C35H39N7O3S2/c1-23(2)33-40-31(24-7-6-8-26(21-24)41-47(43,44)28-12-9-25(10-13-28)35(3,4)5)32(46-33)29-15-16-36-34(39-29)38-27-11-14-30(37-22-27)42-17-19-45-20-18-42/h6-16,21-23,41H,17-20H2,1-5H3,(H,36,38,39). The van der Waals surface area contributed by atoms with Crippen molar-refractivity contribution < 1.29 is 13.2 Å². The summed E-state index contributed by atoms with van der Waals surface area (Å²) in [6, 6.07) is 20.1. The molecular formula is C35H39N7O3S2. The van der Waals surface area contributed by atoms with E-state index in [9.17, 15) is 8.42 Å². The number of sulfonamides is 1. The first-order valence-corrected chi connectivity index (χ1v) is 17.9. The van der Waals surface area contributed by atoms with Gasteiger partial charge < -0.3 is 15.0 Å². The number of hydrogen-bond acceptors (Lipinski definition) is 10. The molecular weight excluding hydrogens is 631 g/mol. The van der Waals surface area contributed by atoms with E-state index >= 15 is 0 Å². The minimum atomic E-state index is -3.80. The molecule has 1 fully saturated rings. The van der Waals surface area contributed by atoms with Crippen LogP contribution in [0, 0.1) is 0 Å². The highest BCUT2D eigenvalue weighted by molar-refractivity contribution is 7.92. The van der Waals surface area contributed by atoms with Gasteiger partial charge in [0, 0.05) is 36.5 Å². The summed E-state index contributed by atoms with van der Waals surface area (Å²) in [7, 11) is -3.80. The number of aromatic nitrogens is 4. The Bertz CT molecular complexity index is 1950. The number of morpholine rings is 1. The number of pyridine rings is 1. The lowest BCUT2D eigenvalue weighted by molar-refractivity contribution is 0.122. The Hall–Kier alpha value is -4.39. The minimum absolute atomic E-state index is 0.0728. The van der Waals surface area contributed by atoms with Gasteiger partial charge in [0.1, 0.15) is 5.82 Å². The SMILES string of the molecule is CC(C)c1nc(-c2cccc(NS(=O)(=O)c3ccc(C(C)(C)C)cc3)c2)c(-c2ccnc(Nc3ccc(N4CCOCC4)nc3)n2)s1. The molecule has 0 saturated carbocycles. The van der Waals surface area contributed by atoms with E-state index in [4.69, 9.17) is 14.7 Å². The quantitative estimate of drug-likeness (QED) is 0.165.